The van der Waals surface area contributed by atoms with E-state index in [1.165, 1.54) is 32.4 Å². The Morgan fingerprint density at radius 1 is 1.14 bits per heavy atom. The summed E-state index contributed by atoms with van der Waals surface area (Å²) in [7, 11) is 0. The van der Waals surface area contributed by atoms with Crippen LogP contribution in [0.1, 0.15) is 30.7 Å². The van der Waals surface area contributed by atoms with Crippen LogP contribution < -0.4 is 5.32 Å². The van der Waals surface area contributed by atoms with Crippen molar-refractivity contribution in [3.63, 3.8) is 0 Å². The fourth-order valence-electron chi connectivity index (χ4n) is 3.09. The first kappa shape index (κ1) is 8.49. The van der Waals surface area contributed by atoms with Crippen molar-refractivity contribution in [3.8, 4) is 0 Å². The fourth-order valence-corrected chi connectivity index (χ4v) is 3.09. The van der Waals surface area contributed by atoms with Crippen molar-refractivity contribution in [1.29, 1.82) is 0 Å². The van der Waals surface area contributed by atoms with Crippen LogP contribution in [0.4, 0.5) is 0 Å². The van der Waals surface area contributed by atoms with Crippen LogP contribution in [0.5, 0.6) is 0 Å². The first-order chi connectivity index (χ1) is 6.88. The van der Waals surface area contributed by atoms with Gasteiger partial charge in [0.15, 0.2) is 0 Å². The summed E-state index contributed by atoms with van der Waals surface area (Å²) in [5.41, 5.74) is 2.23. The monoisotopic (exact) mass is 187 g/mol. The van der Waals surface area contributed by atoms with Gasteiger partial charge >= 0.3 is 0 Å². The first-order valence-electron chi connectivity index (χ1n) is 5.64. The molecule has 74 valence electrons. The molecule has 2 fully saturated rings. The zero-order chi connectivity index (χ0) is 9.43. The molecule has 1 aliphatic carbocycles. The van der Waals surface area contributed by atoms with E-state index in [0.29, 0.717) is 5.41 Å². The van der Waals surface area contributed by atoms with E-state index in [1.54, 1.807) is 5.56 Å². The van der Waals surface area contributed by atoms with E-state index in [-0.39, 0.29) is 0 Å². The zero-order valence-corrected chi connectivity index (χ0v) is 8.50. The standard InChI is InChI=1S/C13H17N/c1-2-4-11(5-3-1)12-8-13(9-12)6-7-14-10-13/h1-5,12,14H,6-10H2. The highest BCUT2D eigenvalue weighted by Crippen LogP contribution is 2.54. The maximum atomic E-state index is 3.49. The van der Waals surface area contributed by atoms with Crippen LogP contribution in [0.15, 0.2) is 30.3 Å². The lowest BCUT2D eigenvalue weighted by atomic mass is 9.59. The molecule has 0 aromatic heterocycles. The molecular weight excluding hydrogens is 170 g/mol. The molecular formula is C13H17N. The highest BCUT2D eigenvalue weighted by molar-refractivity contribution is 5.24. The lowest BCUT2D eigenvalue weighted by molar-refractivity contribution is 0.127. The Morgan fingerprint density at radius 2 is 1.93 bits per heavy atom. The summed E-state index contributed by atoms with van der Waals surface area (Å²) in [5, 5.41) is 3.49. The molecule has 0 bridgehead atoms. The van der Waals surface area contributed by atoms with Crippen molar-refractivity contribution in [2.45, 2.75) is 25.2 Å². The van der Waals surface area contributed by atoms with Crippen LogP contribution in [-0.4, -0.2) is 13.1 Å². The summed E-state index contributed by atoms with van der Waals surface area (Å²) in [6.07, 6.45) is 4.21. The molecule has 3 rings (SSSR count). The van der Waals surface area contributed by atoms with E-state index in [1.807, 2.05) is 0 Å². The molecule has 1 heterocycles. The molecule has 1 heteroatoms. The zero-order valence-electron chi connectivity index (χ0n) is 8.50. The molecule has 1 aliphatic heterocycles. The number of rotatable bonds is 1. The van der Waals surface area contributed by atoms with Crippen molar-refractivity contribution in [3.05, 3.63) is 35.9 Å². The summed E-state index contributed by atoms with van der Waals surface area (Å²) in [4.78, 5) is 0. The Morgan fingerprint density at radius 3 is 2.57 bits per heavy atom. The largest absolute Gasteiger partial charge is 0.316 e. The van der Waals surface area contributed by atoms with Crippen LogP contribution in [-0.2, 0) is 0 Å². The predicted molar refractivity (Wildman–Crippen MR) is 58.3 cm³/mol. The number of hydrogen-bond acceptors (Lipinski definition) is 1. The lowest BCUT2D eigenvalue weighted by Crippen LogP contribution is -2.37. The van der Waals surface area contributed by atoms with Gasteiger partial charge in [0, 0.05) is 6.54 Å². The molecule has 1 saturated heterocycles. The summed E-state index contributed by atoms with van der Waals surface area (Å²) in [6, 6.07) is 11.0. The minimum absolute atomic E-state index is 0.681. The second-order valence-electron chi connectivity index (χ2n) is 4.94. The highest BCUT2D eigenvalue weighted by Gasteiger charge is 2.45. The average molecular weight is 187 g/mol. The smallest absolute Gasteiger partial charge is 0.000872 e. The molecule has 1 nitrogen and oxygen atoms in total. The molecule has 0 atom stereocenters. The summed E-state index contributed by atoms with van der Waals surface area (Å²) in [5.74, 6) is 0.844. The maximum Gasteiger partial charge on any atom is 0.000872 e. The van der Waals surface area contributed by atoms with Gasteiger partial charge in [-0.1, -0.05) is 30.3 Å². The van der Waals surface area contributed by atoms with Gasteiger partial charge in [-0.2, -0.15) is 0 Å². The topological polar surface area (TPSA) is 12.0 Å². The Bertz CT molecular complexity index is 303. The summed E-state index contributed by atoms with van der Waals surface area (Å²) in [6.45, 7) is 2.50. The number of nitrogens with one attached hydrogen (secondary N) is 1. The average Bonchev–Trinajstić information content (AvgIpc) is 2.65. The minimum atomic E-state index is 0.681. The molecule has 0 radical (unpaired) electrons. The van der Waals surface area contributed by atoms with Gasteiger partial charge in [0.2, 0.25) is 0 Å². The van der Waals surface area contributed by atoms with E-state index in [0.717, 1.165) is 5.92 Å². The second kappa shape index (κ2) is 3.09. The van der Waals surface area contributed by atoms with E-state index in [4.69, 9.17) is 0 Å². The quantitative estimate of drug-likeness (QED) is 0.712. The predicted octanol–water partition coefficient (Wildman–Crippen LogP) is 2.54. The number of benzene rings is 1. The Hall–Kier alpha value is -0.820. The van der Waals surface area contributed by atoms with E-state index in [9.17, 15) is 0 Å². The molecule has 1 aromatic carbocycles. The molecule has 1 aromatic rings. The Balaban J connectivity index is 1.69. The van der Waals surface area contributed by atoms with Gasteiger partial charge in [-0.15, -0.1) is 0 Å². The van der Waals surface area contributed by atoms with Crippen LogP contribution in [0.25, 0.3) is 0 Å². The van der Waals surface area contributed by atoms with Crippen molar-refractivity contribution in [1.82, 2.24) is 5.32 Å². The summed E-state index contributed by atoms with van der Waals surface area (Å²) < 4.78 is 0. The van der Waals surface area contributed by atoms with Crippen molar-refractivity contribution < 1.29 is 0 Å². The number of hydrogen-bond donors (Lipinski definition) is 1. The van der Waals surface area contributed by atoms with E-state index < -0.39 is 0 Å². The lowest BCUT2D eigenvalue weighted by Gasteiger charge is -2.45. The molecule has 1 N–H and O–H groups in total. The van der Waals surface area contributed by atoms with Gasteiger partial charge in [-0.05, 0) is 42.7 Å². The minimum Gasteiger partial charge on any atom is -0.316 e. The van der Waals surface area contributed by atoms with Crippen molar-refractivity contribution in [2.75, 3.05) is 13.1 Å². The summed E-state index contributed by atoms with van der Waals surface area (Å²) >= 11 is 0. The van der Waals surface area contributed by atoms with Gasteiger partial charge in [0.05, 0.1) is 0 Å². The maximum absolute atomic E-state index is 3.49. The Labute approximate surface area is 85.5 Å². The van der Waals surface area contributed by atoms with Crippen LogP contribution in [0, 0.1) is 5.41 Å². The van der Waals surface area contributed by atoms with E-state index >= 15 is 0 Å². The first-order valence-corrected chi connectivity index (χ1v) is 5.64. The van der Waals surface area contributed by atoms with Crippen LogP contribution >= 0.6 is 0 Å². The Kier molecular flexibility index (Phi) is 1.88. The van der Waals surface area contributed by atoms with Gasteiger partial charge in [0.25, 0.3) is 0 Å². The van der Waals surface area contributed by atoms with Gasteiger partial charge in [0.1, 0.15) is 0 Å². The molecule has 0 unspecified atom stereocenters. The third kappa shape index (κ3) is 1.27. The van der Waals surface area contributed by atoms with Crippen molar-refractivity contribution in [2.24, 2.45) is 5.41 Å². The third-order valence-electron chi connectivity index (χ3n) is 3.96. The molecule has 2 aliphatic rings. The SMILES string of the molecule is c1ccc(C2CC3(CCNC3)C2)cc1. The van der Waals surface area contributed by atoms with E-state index in [2.05, 4.69) is 35.6 Å². The molecule has 1 spiro atoms. The molecule has 0 amide bonds. The van der Waals surface area contributed by atoms with Gasteiger partial charge < -0.3 is 5.32 Å². The normalized spacial score (nSPS) is 35.9. The second-order valence-corrected chi connectivity index (χ2v) is 4.94. The van der Waals surface area contributed by atoms with Gasteiger partial charge in [-0.25, -0.2) is 0 Å². The third-order valence-corrected chi connectivity index (χ3v) is 3.96. The molecule has 14 heavy (non-hydrogen) atoms. The van der Waals surface area contributed by atoms with Crippen molar-refractivity contribution >= 4 is 0 Å². The molecule has 1 saturated carbocycles. The fraction of sp³-hybridized carbons (Fsp3) is 0.538. The van der Waals surface area contributed by atoms with Crippen LogP contribution in [0.2, 0.25) is 0 Å². The highest BCUT2D eigenvalue weighted by atomic mass is 14.9. The van der Waals surface area contributed by atoms with Crippen LogP contribution in [0.3, 0.4) is 0 Å². The van der Waals surface area contributed by atoms with Gasteiger partial charge in [-0.3, -0.25) is 0 Å².